The summed E-state index contributed by atoms with van der Waals surface area (Å²) in [5.41, 5.74) is -0.0741. The average molecular weight is 154 g/mol. The van der Waals surface area contributed by atoms with E-state index in [-0.39, 0.29) is 17.8 Å². The molecule has 58 valence electrons. The number of carbonyl (C=O) groups excluding carboxylic acids is 2. The molecular formula is C7H6O4. The number of Topliss-reactive ketones (excluding diaryl/α,β-unsaturated/α-hetero) is 1. The van der Waals surface area contributed by atoms with Crippen LogP contribution in [0.2, 0.25) is 0 Å². The smallest absolute Gasteiger partial charge is 0.226 e. The summed E-state index contributed by atoms with van der Waals surface area (Å²) in [7, 11) is 0. The summed E-state index contributed by atoms with van der Waals surface area (Å²) in [4.78, 5) is 21.5. The summed E-state index contributed by atoms with van der Waals surface area (Å²) in [6.45, 7) is 0. The summed E-state index contributed by atoms with van der Waals surface area (Å²) in [6.07, 6.45) is 1.26. The molecule has 0 unspecified atom stereocenters. The second-order valence-corrected chi connectivity index (χ2v) is 2.16. The zero-order valence-corrected chi connectivity index (χ0v) is 5.57. The summed E-state index contributed by atoms with van der Waals surface area (Å²) < 4.78 is 0. The standard InChI is InChI=1S/C7H6O4/c8-3-4-1-5(9)2-6(10)7(4)11/h2-3,8,10H,1H2. The number of aliphatic hydroxyl groups is 2. The average Bonchev–Trinajstić information content (AvgIpc) is 1.96. The van der Waals surface area contributed by atoms with E-state index >= 15 is 0 Å². The van der Waals surface area contributed by atoms with E-state index in [1.165, 1.54) is 0 Å². The molecule has 2 N–H and O–H groups in total. The van der Waals surface area contributed by atoms with Crippen LogP contribution in [-0.4, -0.2) is 21.8 Å². The molecule has 0 spiro atoms. The van der Waals surface area contributed by atoms with Crippen molar-refractivity contribution in [1.29, 1.82) is 0 Å². The number of ketones is 2. The molecule has 0 radical (unpaired) electrons. The van der Waals surface area contributed by atoms with Gasteiger partial charge in [-0.2, -0.15) is 0 Å². The SMILES string of the molecule is O=C1C=C(O)C(=O)C(=CO)C1. The molecule has 0 saturated heterocycles. The Balaban J connectivity index is 3.05. The molecule has 4 nitrogen and oxygen atoms in total. The lowest BCUT2D eigenvalue weighted by atomic mass is 9.99. The van der Waals surface area contributed by atoms with Crippen molar-refractivity contribution in [2.45, 2.75) is 6.42 Å². The molecule has 0 aliphatic heterocycles. The Morgan fingerprint density at radius 1 is 1.45 bits per heavy atom. The van der Waals surface area contributed by atoms with Crippen LogP contribution in [0.5, 0.6) is 0 Å². The largest absolute Gasteiger partial charge is 0.515 e. The Bertz CT molecular complexity index is 272. The first-order chi connectivity index (χ1) is 5.15. The highest BCUT2D eigenvalue weighted by Gasteiger charge is 2.22. The van der Waals surface area contributed by atoms with Crippen molar-refractivity contribution in [3.63, 3.8) is 0 Å². The maximum Gasteiger partial charge on any atom is 0.226 e. The van der Waals surface area contributed by atoms with Gasteiger partial charge in [0.1, 0.15) is 0 Å². The number of hydrogen-bond acceptors (Lipinski definition) is 4. The van der Waals surface area contributed by atoms with Crippen molar-refractivity contribution < 1.29 is 19.8 Å². The van der Waals surface area contributed by atoms with Crippen LogP contribution in [-0.2, 0) is 9.59 Å². The van der Waals surface area contributed by atoms with Gasteiger partial charge in [0.2, 0.25) is 5.78 Å². The Kier molecular flexibility index (Phi) is 1.76. The van der Waals surface area contributed by atoms with Crippen LogP contribution in [0.15, 0.2) is 23.7 Å². The number of allylic oxidation sites excluding steroid dienone is 2. The lowest BCUT2D eigenvalue weighted by molar-refractivity contribution is -0.120. The van der Waals surface area contributed by atoms with Gasteiger partial charge in [-0.3, -0.25) is 9.59 Å². The van der Waals surface area contributed by atoms with Crippen LogP contribution in [0.25, 0.3) is 0 Å². The van der Waals surface area contributed by atoms with Gasteiger partial charge in [-0.15, -0.1) is 0 Å². The highest BCUT2D eigenvalue weighted by Crippen LogP contribution is 2.14. The summed E-state index contributed by atoms with van der Waals surface area (Å²) >= 11 is 0. The van der Waals surface area contributed by atoms with Crippen LogP contribution in [0.4, 0.5) is 0 Å². The van der Waals surface area contributed by atoms with E-state index in [9.17, 15) is 9.59 Å². The van der Waals surface area contributed by atoms with Gasteiger partial charge in [-0.1, -0.05) is 0 Å². The minimum atomic E-state index is -0.688. The third-order valence-corrected chi connectivity index (χ3v) is 1.34. The monoisotopic (exact) mass is 154 g/mol. The van der Waals surface area contributed by atoms with E-state index in [4.69, 9.17) is 10.2 Å². The van der Waals surface area contributed by atoms with Crippen molar-refractivity contribution >= 4 is 11.6 Å². The topological polar surface area (TPSA) is 74.6 Å². The van der Waals surface area contributed by atoms with Crippen molar-refractivity contribution in [3.05, 3.63) is 23.7 Å². The normalized spacial score (nSPS) is 22.2. The fourth-order valence-corrected chi connectivity index (χ4v) is 0.806. The second-order valence-electron chi connectivity index (χ2n) is 2.16. The van der Waals surface area contributed by atoms with Crippen LogP contribution in [0, 0.1) is 0 Å². The third-order valence-electron chi connectivity index (χ3n) is 1.34. The zero-order chi connectivity index (χ0) is 8.43. The van der Waals surface area contributed by atoms with E-state index in [0.717, 1.165) is 6.08 Å². The fraction of sp³-hybridized carbons (Fsp3) is 0.143. The maximum atomic E-state index is 10.8. The van der Waals surface area contributed by atoms with Gasteiger partial charge in [0.15, 0.2) is 11.5 Å². The Hall–Kier alpha value is -1.58. The van der Waals surface area contributed by atoms with Gasteiger partial charge in [-0.25, -0.2) is 0 Å². The Morgan fingerprint density at radius 2 is 2.09 bits per heavy atom. The molecule has 0 bridgehead atoms. The number of rotatable bonds is 0. The zero-order valence-electron chi connectivity index (χ0n) is 5.57. The van der Waals surface area contributed by atoms with E-state index < -0.39 is 11.5 Å². The van der Waals surface area contributed by atoms with Gasteiger partial charge in [-0.05, 0) is 0 Å². The van der Waals surface area contributed by atoms with Crippen molar-refractivity contribution in [2.24, 2.45) is 0 Å². The predicted octanol–water partition coefficient (Wildman–Crippen LogP) is 0.412. The molecule has 0 heterocycles. The molecule has 0 fully saturated rings. The molecule has 0 aromatic heterocycles. The van der Waals surface area contributed by atoms with Gasteiger partial charge in [0.05, 0.1) is 6.26 Å². The molecular weight excluding hydrogens is 148 g/mol. The maximum absolute atomic E-state index is 10.8. The van der Waals surface area contributed by atoms with Crippen LogP contribution in [0.3, 0.4) is 0 Å². The van der Waals surface area contributed by atoms with Gasteiger partial charge >= 0.3 is 0 Å². The van der Waals surface area contributed by atoms with Gasteiger partial charge in [0, 0.05) is 18.1 Å². The first kappa shape index (κ1) is 7.53. The molecule has 0 atom stereocenters. The fourth-order valence-electron chi connectivity index (χ4n) is 0.806. The molecule has 1 rings (SSSR count). The summed E-state index contributed by atoms with van der Waals surface area (Å²) in [5, 5.41) is 17.2. The van der Waals surface area contributed by atoms with E-state index in [1.54, 1.807) is 0 Å². The molecule has 1 aliphatic rings. The molecule has 11 heavy (non-hydrogen) atoms. The highest BCUT2D eigenvalue weighted by atomic mass is 16.3. The van der Waals surface area contributed by atoms with Crippen molar-refractivity contribution in [2.75, 3.05) is 0 Å². The quantitative estimate of drug-likeness (QED) is 0.391. The van der Waals surface area contributed by atoms with Crippen molar-refractivity contribution in [3.8, 4) is 0 Å². The number of aliphatic hydroxyl groups excluding tert-OH is 2. The van der Waals surface area contributed by atoms with E-state index in [2.05, 4.69) is 0 Å². The molecule has 1 aliphatic carbocycles. The van der Waals surface area contributed by atoms with Crippen molar-refractivity contribution in [1.82, 2.24) is 0 Å². The molecule has 0 aromatic carbocycles. The first-order valence-electron chi connectivity index (χ1n) is 2.96. The van der Waals surface area contributed by atoms with Gasteiger partial charge in [0.25, 0.3) is 0 Å². The van der Waals surface area contributed by atoms with Crippen LogP contribution >= 0.6 is 0 Å². The van der Waals surface area contributed by atoms with E-state index in [1.807, 2.05) is 0 Å². The molecule has 4 heteroatoms. The predicted molar refractivity (Wildman–Crippen MR) is 36.1 cm³/mol. The molecule has 0 saturated carbocycles. The van der Waals surface area contributed by atoms with Crippen LogP contribution in [0.1, 0.15) is 6.42 Å². The summed E-state index contributed by atoms with van der Waals surface area (Å²) in [5.74, 6) is -1.68. The molecule has 0 amide bonds. The Labute approximate surface area is 62.5 Å². The van der Waals surface area contributed by atoms with Crippen LogP contribution < -0.4 is 0 Å². The molecule has 0 aromatic rings. The number of hydrogen-bond donors (Lipinski definition) is 2. The lowest BCUT2D eigenvalue weighted by Gasteiger charge is -2.06. The van der Waals surface area contributed by atoms with Gasteiger partial charge < -0.3 is 10.2 Å². The summed E-state index contributed by atoms with van der Waals surface area (Å²) in [6, 6.07) is 0. The first-order valence-corrected chi connectivity index (χ1v) is 2.96. The van der Waals surface area contributed by atoms with E-state index in [0.29, 0.717) is 6.26 Å². The third kappa shape index (κ3) is 1.29. The minimum Gasteiger partial charge on any atom is -0.515 e. The highest BCUT2D eigenvalue weighted by molar-refractivity contribution is 6.16. The Morgan fingerprint density at radius 3 is 2.64 bits per heavy atom. The lowest BCUT2D eigenvalue weighted by Crippen LogP contribution is -2.16. The number of carbonyl (C=O) groups is 2. The second kappa shape index (κ2) is 2.57. The minimum absolute atomic E-state index is 0.0741.